The van der Waals surface area contributed by atoms with Crippen LogP contribution in [0, 0.1) is 5.92 Å². The van der Waals surface area contributed by atoms with Crippen LogP contribution >= 0.6 is 15.9 Å². The SMILES string of the molecule is O=C(NCC1CCN(c2ccccc2)C1)c1cncc(Br)c1. The molecule has 1 amide bonds. The lowest BCUT2D eigenvalue weighted by atomic mass is 10.1. The van der Waals surface area contributed by atoms with Crippen molar-refractivity contribution in [2.75, 3.05) is 24.5 Å². The van der Waals surface area contributed by atoms with E-state index in [4.69, 9.17) is 0 Å². The Bertz CT molecular complexity index is 647. The van der Waals surface area contributed by atoms with Crippen LogP contribution in [0.1, 0.15) is 16.8 Å². The number of benzene rings is 1. The molecule has 1 aliphatic rings. The molecule has 3 rings (SSSR count). The quantitative estimate of drug-likeness (QED) is 0.912. The number of nitrogens with zero attached hydrogens (tertiary/aromatic N) is 2. The minimum Gasteiger partial charge on any atom is -0.371 e. The number of para-hydroxylation sites is 1. The normalized spacial score (nSPS) is 17.5. The van der Waals surface area contributed by atoms with Crippen molar-refractivity contribution >= 4 is 27.5 Å². The van der Waals surface area contributed by atoms with E-state index in [1.807, 2.05) is 6.07 Å². The first kappa shape index (κ1) is 15.0. The largest absolute Gasteiger partial charge is 0.371 e. The van der Waals surface area contributed by atoms with Crippen molar-refractivity contribution in [2.24, 2.45) is 5.92 Å². The van der Waals surface area contributed by atoms with Crippen LogP contribution in [0.15, 0.2) is 53.3 Å². The predicted octanol–water partition coefficient (Wildman–Crippen LogP) is 3.10. The lowest BCUT2D eigenvalue weighted by molar-refractivity contribution is 0.0948. The fourth-order valence-corrected chi connectivity index (χ4v) is 3.11. The van der Waals surface area contributed by atoms with Crippen molar-refractivity contribution in [1.29, 1.82) is 0 Å². The van der Waals surface area contributed by atoms with Crippen molar-refractivity contribution in [2.45, 2.75) is 6.42 Å². The van der Waals surface area contributed by atoms with Crippen LogP contribution in [-0.2, 0) is 0 Å². The second-order valence-electron chi connectivity index (χ2n) is 5.54. The van der Waals surface area contributed by atoms with E-state index in [0.29, 0.717) is 18.0 Å². The van der Waals surface area contributed by atoms with Crippen molar-refractivity contribution < 1.29 is 4.79 Å². The molecule has 114 valence electrons. The van der Waals surface area contributed by atoms with Gasteiger partial charge in [0.25, 0.3) is 5.91 Å². The summed E-state index contributed by atoms with van der Waals surface area (Å²) >= 11 is 3.33. The van der Waals surface area contributed by atoms with Crippen molar-refractivity contribution in [3.63, 3.8) is 0 Å². The molecule has 1 N–H and O–H groups in total. The Morgan fingerprint density at radius 3 is 2.91 bits per heavy atom. The molecule has 0 saturated carbocycles. The molecule has 1 aliphatic heterocycles. The number of carbonyl (C=O) groups excluding carboxylic acids is 1. The van der Waals surface area contributed by atoms with Gasteiger partial charge in [0.15, 0.2) is 0 Å². The average Bonchev–Trinajstić information content (AvgIpc) is 3.02. The van der Waals surface area contributed by atoms with Gasteiger partial charge in [0.1, 0.15) is 0 Å². The Morgan fingerprint density at radius 2 is 2.14 bits per heavy atom. The molecule has 1 unspecified atom stereocenters. The molecule has 0 aliphatic carbocycles. The minimum atomic E-state index is -0.0630. The Balaban J connectivity index is 1.52. The highest BCUT2D eigenvalue weighted by molar-refractivity contribution is 9.10. The number of carbonyl (C=O) groups is 1. The molecule has 0 radical (unpaired) electrons. The molecule has 0 bridgehead atoms. The summed E-state index contributed by atoms with van der Waals surface area (Å²) < 4.78 is 0.816. The Hall–Kier alpha value is -1.88. The number of halogens is 1. The van der Waals surface area contributed by atoms with Crippen LogP contribution in [0.4, 0.5) is 5.69 Å². The van der Waals surface area contributed by atoms with Crippen LogP contribution in [-0.4, -0.2) is 30.5 Å². The zero-order valence-corrected chi connectivity index (χ0v) is 13.8. The summed E-state index contributed by atoms with van der Waals surface area (Å²) in [6.07, 6.45) is 4.36. The molecule has 1 atom stereocenters. The summed E-state index contributed by atoms with van der Waals surface area (Å²) in [5.74, 6) is 0.427. The number of pyridine rings is 1. The van der Waals surface area contributed by atoms with E-state index < -0.39 is 0 Å². The number of nitrogens with one attached hydrogen (secondary N) is 1. The first-order valence-corrected chi connectivity index (χ1v) is 8.20. The van der Waals surface area contributed by atoms with Crippen LogP contribution in [0.2, 0.25) is 0 Å². The number of hydrogen-bond donors (Lipinski definition) is 1. The molecule has 2 heterocycles. The summed E-state index contributed by atoms with van der Waals surface area (Å²) in [7, 11) is 0. The molecule has 0 spiro atoms. The van der Waals surface area contributed by atoms with E-state index >= 15 is 0 Å². The number of anilines is 1. The standard InChI is InChI=1S/C17H18BrN3O/c18-15-8-14(10-19-11-15)17(22)20-9-13-6-7-21(12-13)16-4-2-1-3-5-16/h1-5,8,10-11,13H,6-7,9,12H2,(H,20,22). The Kier molecular flexibility index (Phi) is 4.73. The lowest BCUT2D eigenvalue weighted by Crippen LogP contribution is -2.31. The van der Waals surface area contributed by atoms with Crippen molar-refractivity contribution in [3.05, 3.63) is 58.8 Å². The lowest BCUT2D eigenvalue weighted by Gasteiger charge is -2.18. The summed E-state index contributed by atoms with van der Waals surface area (Å²) in [6.45, 7) is 2.73. The first-order valence-electron chi connectivity index (χ1n) is 7.41. The zero-order valence-electron chi connectivity index (χ0n) is 12.2. The molecule has 1 aromatic carbocycles. The average molecular weight is 360 g/mol. The fourth-order valence-electron chi connectivity index (χ4n) is 2.75. The highest BCUT2D eigenvalue weighted by Gasteiger charge is 2.23. The second kappa shape index (κ2) is 6.92. The van der Waals surface area contributed by atoms with Crippen LogP contribution in [0.3, 0.4) is 0 Å². The molecule has 1 aromatic heterocycles. The highest BCUT2D eigenvalue weighted by Crippen LogP contribution is 2.23. The van der Waals surface area contributed by atoms with E-state index in [2.05, 4.69) is 55.4 Å². The predicted molar refractivity (Wildman–Crippen MR) is 91.0 cm³/mol. The molecule has 5 heteroatoms. The topological polar surface area (TPSA) is 45.2 Å². The summed E-state index contributed by atoms with van der Waals surface area (Å²) in [6, 6.07) is 12.2. The number of hydrogen-bond acceptors (Lipinski definition) is 3. The van der Waals surface area contributed by atoms with Crippen molar-refractivity contribution in [1.82, 2.24) is 10.3 Å². The number of aromatic nitrogens is 1. The van der Waals surface area contributed by atoms with Gasteiger partial charge in [-0.2, -0.15) is 0 Å². The maximum Gasteiger partial charge on any atom is 0.252 e. The highest BCUT2D eigenvalue weighted by atomic mass is 79.9. The third kappa shape index (κ3) is 3.65. The molecule has 22 heavy (non-hydrogen) atoms. The van der Waals surface area contributed by atoms with E-state index in [-0.39, 0.29) is 5.91 Å². The first-order chi connectivity index (χ1) is 10.7. The van der Waals surface area contributed by atoms with E-state index in [9.17, 15) is 4.79 Å². The molecule has 1 saturated heterocycles. The van der Waals surface area contributed by atoms with Gasteiger partial charge in [-0.1, -0.05) is 18.2 Å². The molecular weight excluding hydrogens is 342 g/mol. The summed E-state index contributed by atoms with van der Waals surface area (Å²) in [4.78, 5) is 18.5. The van der Waals surface area contributed by atoms with Gasteiger partial charge >= 0.3 is 0 Å². The van der Waals surface area contributed by atoms with E-state index in [1.165, 1.54) is 5.69 Å². The van der Waals surface area contributed by atoms with Gasteiger partial charge in [-0.15, -0.1) is 0 Å². The Morgan fingerprint density at radius 1 is 1.32 bits per heavy atom. The van der Waals surface area contributed by atoms with Crippen LogP contribution in [0.5, 0.6) is 0 Å². The van der Waals surface area contributed by atoms with Gasteiger partial charge in [0, 0.05) is 42.2 Å². The molecule has 2 aromatic rings. The van der Waals surface area contributed by atoms with Crippen LogP contribution < -0.4 is 10.2 Å². The summed E-state index contributed by atoms with van der Waals surface area (Å²) in [5.41, 5.74) is 1.85. The van der Waals surface area contributed by atoms with Gasteiger partial charge in [0.05, 0.1) is 5.56 Å². The minimum absolute atomic E-state index is 0.0630. The number of rotatable bonds is 4. The summed E-state index contributed by atoms with van der Waals surface area (Å²) in [5, 5.41) is 3.01. The fraction of sp³-hybridized carbons (Fsp3) is 0.294. The monoisotopic (exact) mass is 359 g/mol. The zero-order chi connectivity index (χ0) is 15.4. The molecule has 1 fully saturated rings. The van der Waals surface area contributed by atoms with Gasteiger partial charge in [-0.3, -0.25) is 9.78 Å². The van der Waals surface area contributed by atoms with Gasteiger partial charge in [0.2, 0.25) is 0 Å². The van der Waals surface area contributed by atoms with Gasteiger partial charge in [-0.25, -0.2) is 0 Å². The van der Waals surface area contributed by atoms with Gasteiger partial charge < -0.3 is 10.2 Å². The number of amides is 1. The molecular formula is C17H18BrN3O. The second-order valence-corrected chi connectivity index (χ2v) is 6.45. The van der Waals surface area contributed by atoms with Crippen LogP contribution in [0.25, 0.3) is 0 Å². The molecule has 4 nitrogen and oxygen atoms in total. The van der Waals surface area contributed by atoms with Crippen molar-refractivity contribution in [3.8, 4) is 0 Å². The maximum atomic E-state index is 12.1. The maximum absolute atomic E-state index is 12.1. The smallest absolute Gasteiger partial charge is 0.252 e. The Labute approximate surface area is 138 Å². The van der Waals surface area contributed by atoms with Gasteiger partial charge in [-0.05, 0) is 46.5 Å². The third-order valence-corrected chi connectivity index (χ3v) is 4.36. The van der Waals surface area contributed by atoms with E-state index in [0.717, 1.165) is 24.0 Å². The third-order valence-electron chi connectivity index (χ3n) is 3.93. The van der Waals surface area contributed by atoms with E-state index in [1.54, 1.807) is 18.5 Å².